The fourth-order valence-corrected chi connectivity index (χ4v) is 2.99. The molecule has 0 N–H and O–H groups in total. The van der Waals surface area contributed by atoms with Gasteiger partial charge in [-0.05, 0) is 18.4 Å². The van der Waals surface area contributed by atoms with Gasteiger partial charge in [-0.3, -0.25) is 0 Å². The summed E-state index contributed by atoms with van der Waals surface area (Å²) >= 11 is 1.83. The monoisotopic (exact) mass is 234 g/mol. The van der Waals surface area contributed by atoms with Crippen LogP contribution in [0.4, 0.5) is 0 Å². The minimum atomic E-state index is 0.395. The Morgan fingerprint density at radius 1 is 1.12 bits per heavy atom. The van der Waals surface area contributed by atoms with Gasteiger partial charge in [-0.25, -0.2) is 9.97 Å². The van der Waals surface area contributed by atoms with E-state index < -0.39 is 0 Å². The number of nitrogens with zero attached hydrogens (tertiary/aromatic N) is 2. The molecule has 86 valence electrons. The van der Waals surface area contributed by atoms with Crippen LogP contribution in [0, 0.1) is 6.92 Å². The normalized spacial score (nSPS) is 11.9. The van der Waals surface area contributed by atoms with Crippen molar-refractivity contribution in [3.05, 3.63) is 22.5 Å². The number of fused-ring (bicyclic) bond motifs is 1. The summed E-state index contributed by atoms with van der Waals surface area (Å²) in [4.78, 5) is 10.5. The molecule has 0 saturated heterocycles. The van der Waals surface area contributed by atoms with Crippen molar-refractivity contribution in [3.8, 4) is 0 Å². The van der Waals surface area contributed by atoms with Gasteiger partial charge < -0.3 is 0 Å². The average molecular weight is 234 g/mol. The van der Waals surface area contributed by atoms with Crippen LogP contribution in [0.2, 0.25) is 0 Å². The van der Waals surface area contributed by atoms with Crippen LogP contribution in [0.25, 0.3) is 10.2 Å². The topological polar surface area (TPSA) is 25.8 Å². The first kappa shape index (κ1) is 11.5. The van der Waals surface area contributed by atoms with Crippen LogP contribution >= 0.6 is 11.3 Å². The van der Waals surface area contributed by atoms with Gasteiger partial charge in [-0.1, -0.05) is 27.7 Å². The Hall–Kier alpha value is -0.960. The first-order valence-corrected chi connectivity index (χ1v) is 6.58. The number of thiophene rings is 1. The molecule has 2 aromatic rings. The first-order chi connectivity index (χ1) is 7.50. The molecule has 0 aromatic carbocycles. The zero-order valence-electron chi connectivity index (χ0n) is 10.5. The molecule has 0 spiro atoms. The van der Waals surface area contributed by atoms with E-state index in [9.17, 15) is 0 Å². The number of rotatable bonds is 2. The molecule has 0 fully saturated rings. The molecule has 0 aliphatic heterocycles. The maximum atomic E-state index is 4.68. The van der Waals surface area contributed by atoms with Gasteiger partial charge in [0, 0.05) is 17.0 Å². The summed E-state index contributed by atoms with van der Waals surface area (Å²) in [5.41, 5.74) is 2.48. The molecule has 0 atom stereocenters. The third-order valence-electron chi connectivity index (χ3n) is 2.76. The molecule has 2 aromatic heterocycles. The van der Waals surface area contributed by atoms with E-state index in [4.69, 9.17) is 0 Å². The number of aromatic nitrogens is 2. The van der Waals surface area contributed by atoms with E-state index >= 15 is 0 Å². The SMILES string of the molecule is Cc1c(C(C)C)sc2cnc(C(C)C)nc12. The maximum absolute atomic E-state index is 4.68. The lowest BCUT2D eigenvalue weighted by atomic mass is 10.1. The van der Waals surface area contributed by atoms with E-state index in [0.717, 1.165) is 11.3 Å². The van der Waals surface area contributed by atoms with Gasteiger partial charge in [-0.15, -0.1) is 11.3 Å². The first-order valence-electron chi connectivity index (χ1n) is 5.76. The zero-order chi connectivity index (χ0) is 11.9. The van der Waals surface area contributed by atoms with Crippen LogP contribution in [0.15, 0.2) is 6.20 Å². The molecule has 0 amide bonds. The summed E-state index contributed by atoms with van der Waals surface area (Å²) in [5, 5.41) is 0. The van der Waals surface area contributed by atoms with Crippen molar-refractivity contribution >= 4 is 21.6 Å². The molecule has 0 unspecified atom stereocenters. The summed E-state index contributed by atoms with van der Waals surface area (Å²) in [6, 6.07) is 0. The molecular weight excluding hydrogens is 216 g/mol. The molecule has 16 heavy (non-hydrogen) atoms. The number of hydrogen-bond donors (Lipinski definition) is 0. The van der Waals surface area contributed by atoms with Gasteiger partial charge in [0.1, 0.15) is 5.82 Å². The minimum Gasteiger partial charge on any atom is -0.240 e. The zero-order valence-corrected chi connectivity index (χ0v) is 11.4. The predicted molar refractivity (Wildman–Crippen MR) is 70.3 cm³/mol. The summed E-state index contributed by atoms with van der Waals surface area (Å²) in [6.07, 6.45) is 1.97. The summed E-state index contributed by atoms with van der Waals surface area (Å²) in [6.45, 7) is 10.9. The number of hydrogen-bond acceptors (Lipinski definition) is 3. The Bertz CT molecular complexity index is 512. The van der Waals surface area contributed by atoms with Crippen LogP contribution in [0.1, 0.15) is 55.8 Å². The molecule has 3 heteroatoms. The highest BCUT2D eigenvalue weighted by molar-refractivity contribution is 7.19. The van der Waals surface area contributed by atoms with Gasteiger partial charge in [0.15, 0.2) is 0 Å². The van der Waals surface area contributed by atoms with Crippen molar-refractivity contribution in [1.82, 2.24) is 9.97 Å². The summed E-state index contributed by atoms with van der Waals surface area (Å²) in [7, 11) is 0. The van der Waals surface area contributed by atoms with Crippen LogP contribution in [0.3, 0.4) is 0 Å². The van der Waals surface area contributed by atoms with Gasteiger partial charge in [-0.2, -0.15) is 0 Å². The van der Waals surface area contributed by atoms with E-state index in [1.165, 1.54) is 15.1 Å². The second-order valence-corrected chi connectivity index (χ2v) is 5.93. The van der Waals surface area contributed by atoms with E-state index in [2.05, 4.69) is 44.6 Å². The third-order valence-corrected chi connectivity index (χ3v) is 4.28. The molecule has 0 saturated carbocycles. The van der Waals surface area contributed by atoms with Crippen molar-refractivity contribution in [1.29, 1.82) is 0 Å². The molecule has 2 heterocycles. The van der Waals surface area contributed by atoms with Crippen molar-refractivity contribution in [2.24, 2.45) is 0 Å². The van der Waals surface area contributed by atoms with Crippen LogP contribution in [0.5, 0.6) is 0 Å². The lowest BCUT2D eigenvalue weighted by Gasteiger charge is -2.03. The van der Waals surface area contributed by atoms with Gasteiger partial charge in [0.2, 0.25) is 0 Å². The highest BCUT2D eigenvalue weighted by atomic mass is 32.1. The maximum Gasteiger partial charge on any atom is 0.131 e. The molecule has 0 aliphatic carbocycles. The Morgan fingerprint density at radius 3 is 2.38 bits per heavy atom. The Morgan fingerprint density at radius 2 is 1.81 bits per heavy atom. The third kappa shape index (κ3) is 1.84. The van der Waals surface area contributed by atoms with Crippen LogP contribution in [-0.4, -0.2) is 9.97 Å². The lowest BCUT2D eigenvalue weighted by Crippen LogP contribution is -1.96. The van der Waals surface area contributed by atoms with Crippen molar-refractivity contribution in [2.75, 3.05) is 0 Å². The summed E-state index contributed by atoms with van der Waals surface area (Å²) < 4.78 is 1.21. The highest BCUT2D eigenvalue weighted by Crippen LogP contribution is 2.34. The van der Waals surface area contributed by atoms with Gasteiger partial charge in [0.05, 0.1) is 10.2 Å². The standard InChI is InChI=1S/C13H18N2S/c1-7(2)12-9(5)11-10(16-12)6-14-13(15-11)8(3)4/h6-8H,1-5H3. The van der Waals surface area contributed by atoms with Crippen molar-refractivity contribution in [3.63, 3.8) is 0 Å². The van der Waals surface area contributed by atoms with Crippen LogP contribution < -0.4 is 0 Å². The second kappa shape index (κ2) is 4.13. The summed E-state index contributed by atoms with van der Waals surface area (Å²) in [5.74, 6) is 1.91. The Balaban J connectivity index is 2.64. The molecular formula is C13H18N2S. The predicted octanol–water partition coefficient (Wildman–Crippen LogP) is 4.25. The van der Waals surface area contributed by atoms with E-state index in [0.29, 0.717) is 11.8 Å². The van der Waals surface area contributed by atoms with E-state index in [1.807, 2.05) is 17.5 Å². The Kier molecular flexibility index (Phi) is 2.98. The number of aryl methyl sites for hydroxylation is 1. The second-order valence-electron chi connectivity index (χ2n) is 4.84. The molecule has 0 bridgehead atoms. The molecule has 2 nitrogen and oxygen atoms in total. The quantitative estimate of drug-likeness (QED) is 0.776. The molecule has 0 aliphatic rings. The minimum absolute atomic E-state index is 0.395. The van der Waals surface area contributed by atoms with E-state index in [1.54, 1.807) is 0 Å². The lowest BCUT2D eigenvalue weighted by molar-refractivity contribution is 0.783. The van der Waals surface area contributed by atoms with Crippen molar-refractivity contribution < 1.29 is 0 Å². The van der Waals surface area contributed by atoms with Crippen molar-refractivity contribution in [2.45, 2.75) is 46.5 Å². The van der Waals surface area contributed by atoms with Crippen LogP contribution in [-0.2, 0) is 0 Å². The average Bonchev–Trinajstić information content (AvgIpc) is 2.56. The van der Waals surface area contributed by atoms with Gasteiger partial charge >= 0.3 is 0 Å². The smallest absolute Gasteiger partial charge is 0.131 e. The Labute approximate surface area is 101 Å². The molecule has 0 radical (unpaired) electrons. The fourth-order valence-electron chi connectivity index (χ4n) is 1.87. The fraction of sp³-hybridized carbons (Fsp3) is 0.538. The van der Waals surface area contributed by atoms with E-state index in [-0.39, 0.29) is 0 Å². The molecule has 2 rings (SSSR count). The van der Waals surface area contributed by atoms with Gasteiger partial charge in [0.25, 0.3) is 0 Å². The highest BCUT2D eigenvalue weighted by Gasteiger charge is 2.14. The largest absolute Gasteiger partial charge is 0.240 e.